The van der Waals surface area contributed by atoms with Gasteiger partial charge >= 0.3 is 0 Å². The minimum atomic E-state index is -3.64. The van der Waals surface area contributed by atoms with Gasteiger partial charge in [-0.15, -0.1) is 12.4 Å². The smallest absolute Gasteiger partial charge is 0.241 e. The third kappa shape index (κ3) is 6.58. The van der Waals surface area contributed by atoms with E-state index in [1.54, 1.807) is 39.8 Å². The first-order valence-electron chi connectivity index (χ1n) is 8.25. The van der Waals surface area contributed by atoms with E-state index in [0.717, 1.165) is 19.4 Å². The van der Waals surface area contributed by atoms with Crippen LogP contribution in [-0.4, -0.2) is 32.5 Å². The Balaban J connectivity index is 0.00000312. The van der Waals surface area contributed by atoms with E-state index in [-0.39, 0.29) is 29.3 Å². The summed E-state index contributed by atoms with van der Waals surface area (Å²) in [7, 11) is -3.64. The van der Waals surface area contributed by atoms with Gasteiger partial charge in [0, 0.05) is 23.7 Å². The second-order valence-electron chi connectivity index (χ2n) is 7.38. The standard InChI is InChI=1S/C17H27N3O3S.ClH/c1-12-7-8-14(19-16(21)11-13-6-5-9-18-13)10-15(12)24(22,23)20-17(2,3)4;/h7-8,10,13,18,20H,5-6,9,11H2,1-4H3,(H,19,21);1H. The van der Waals surface area contributed by atoms with Gasteiger partial charge in [0.25, 0.3) is 0 Å². The van der Waals surface area contributed by atoms with Gasteiger partial charge in [-0.25, -0.2) is 13.1 Å². The van der Waals surface area contributed by atoms with Crippen LogP contribution in [0.25, 0.3) is 0 Å². The molecule has 0 radical (unpaired) electrons. The van der Waals surface area contributed by atoms with Crippen LogP contribution in [0.1, 0.15) is 45.6 Å². The molecule has 1 heterocycles. The number of carbonyl (C=O) groups excluding carboxylic acids is 1. The summed E-state index contributed by atoms with van der Waals surface area (Å²) in [5, 5.41) is 6.08. The molecule has 6 nitrogen and oxygen atoms in total. The number of hydrogen-bond donors (Lipinski definition) is 3. The van der Waals surface area contributed by atoms with Crippen molar-refractivity contribution in [3.8, 4) is 0 Å². The second-order valence-corrected chi connectivity index (χ2v) is 9.03. The molecule has 142 valence electrons. The Hall–Kier alpha value is -1.15. The Bertz CT molecular complexity index is 708. The lowest BCUT2D eigenvalue weighted by Gasteiger charge is -2.21. The van der Waals surface area contributed by atoms with Gasteiger partial charge in [-0.1, -0.05) is 6.07 Å². The minimum absolute atomic E-state index is 0. The number of sulfonamides is 1. The molecular weight excluding hydrogens is 362 g/mol. The van der Waals surface area contributed by atoms with Crippen LogP contribution < -0.4 is 15.4 Å². The molecule has 0 saturated carbocycles. The molecule has 1 amide bonds. The minimum Gasteiger partial charge on any atom is -0.326 e. The summed E-state index contributed by atoms with van der Waals surface area (Å²) in [4.78, 5) is 12.3. The summed E-state index contributed by atoms with van der Waals surface area (Å²) in [6.45, 7) is 8.06. The van der Waals surface area contributed by atoms with E-state index in [4.69, 9.17) is 0 Å². The fraction of sp³-hybridized carbons (Fsp3) is 0.588. The van der Waals surface area contributed by atoms with E-state index in [9.17, 15) is 13.2 Å². The maximum atomic E-state index is 12.6. The fourth-order valence-corrected chi connectivity index (χ4v) is 4.48. The van der Waals surface area contributed by atoms with Crippen molar-refractivity contribution in [1.82, 2.24) is 10.0 Å². The Kier molecular flexibility index (Phi) is 7.43. The highest BCUT2D eigenvalue weighted by Crippen LogP contribution is 2.22. The molecule has 3 N–H and O–H groups in total. The van der Waals surface area contributed by atoms with Gasteiger partial charge in [0.15, 0.2) is 0 Å². The van der Waals surface area contributed by atoms with Crippen LogP contribution in [0, 0.1) is 6.92 Å². The highest BCUT2D eigenvalue weighted by Gasteiger charge is 2.24. The Morgan fingerprint density at radius 1 is 1.32 bits per heavy atom. The van der Waals surface area contributed by atoms with Crippen LogP contribution in [0.3, 0.4) is 0 Å². The summed E-state index contributed by atoms with van der Waals surface area (Å²) in [6.07, 6.45) is 2.48. The molecule has 0 spiro atoms. The molecule has 1 aromatic rings. The molecule has 8 heteroatoms. The molecule has 1 aliphatic rings. The topological polar surface area (TPSA) is 87.3 Å². The van der Waals surface area contributed by atoms with Crippen molar-refractivity contribution in [3.63, 3.8) is 0 Å². The van der Waals surface area contributed by atoms with Crippen LogP contribution in [0.2, 0.25) is 0 Å². The van der Waals surface area contributed by atoms with Crippen LogP contribution in [-0.2, 0) is 14.8 Å². The predicted octanol–water partition coefficient (Wildman–Crippen LogP) is 2.57. The summed E-state index contributed by atoms with van der Waals surface area (Å²) in [5.74, 6) is -0.106. The molecule has 2 rings (SSSR count). The molecule has 1 aromatic carbocycles. The van der Waals surface area contributed by atoms with Crippen molar-refractivity contribution >= 4 is 34.0 Å². The average Bonchev–Trinajstić information content (AvgIpc) is 2.90. The second kappa shape index (κ2) is 8.49. The van der Waals surface area contributed by atoms with Gasteiger partial charge in [0.05, 0.1) is 4.90 Å². The number of hydrogen-bond acceptors (Lipinski definition) is 4. The molecule has 1 unspecified atom stereocenters. The largest absolute Gasteiger partial charge is 0.326 e. The van der Waals surface area contributed by atoms with Crippen molar-refractivity contribution in [2.75, 3.05) is 11.9 Å². The van der Waals surface area contributed by atoms with E-state index >= 15 is 0 Å². The lowest BCUT2D eigenvalue weighted by Crippen LogP contribution is -2.40. The van der Waals surface area contributed by atoms with Gasteiger partial charge in [-0.2, -0.15) is 0 Å². The number of amides is 1. The number of benzene rings is 1. The highest BCUT2D eigenvalue weighted by atomic mass is 35.5. The molecule has 0 aliphatic carbocycles. The Labute approximate surface area is 156 Å². The molecule has 25 heavy (non-hydrogen) atoms. The zero-order valence-electron chi connectivity index (χ0n) is 15.2. The molecular formula is C17H28ClN3O3S. The first kappa shape index (κ1) is 21.9. The summed E-state index contributed by atoms with van der Waals surface area (Å²) in [5.41, 5.74) is 0.568. The number of anilines is 1. The van der Waals surface area contributed by atoms with E-state index < -0.39 is 15.6 Å². The van der Waals surface area contributed by atoms with Crippen molar-refractivity contribution in [1.29, 1.82) is 0 Å². The summed E-state index contributed by atoms with van der Waals surface area (Å²) < 4.78 is 27.7. The molecule has 1 aliphatic heterocycles. The molecule has 0 aromatic heterocycles. The average molecular weight is 390 g/mol. The van der Waals surface area contributed by atoms with E-state index in [1.165, 1.54) is 6.07 Å². The normalized spacial score (nSPS) is 17.8. The van der Waals surface area contributed by atoms with E-state index in [2.05, 4.69) is 15.4 Å². The van der Waals surface area contributed by atoms with Crippen molar-refractivity contribution in [3.05, 3.63) is 23.8 Å². The summed E-state index contributed by atoms with van der Waals surface area (Å²) in [6, 6.07) is 5.16. The number of carbonyl (C=O) groups is 1. The maximum absolute atomic E-state index is 12.6. The van der Waals surface area contributed by atoms with Crippen molar-refractivity contribution < 1.29 is 13.2 Å². The number of halogens is 1. The van der Waals surface area contributed by atoms with Gasteiger partial charge in [-0.05, 0) is 64.8 Å². The number of nitrogens with one attached hydrogen (secondary N) is 3. The van der Waals surface area contributed by atoms with Crippen LogP contribution in [0.5, 0.6) is 0 Å². The van der Waals surface area contributed by atoms with Gasteiger partial charge < -0.3 is 10.6 Å². The molecule has 1 fully saturated rings. The van der Waals surface area contributed by atoms with Gasteiger partial charge in [0.1, 0.15) is 0 Å². The third-order valence-electron chi connectivity index (χ3n) is 3.80. The molecule has 1 saturated heterocycles. The first-order chi connectivity index (χ1) is 11.1. The Morgan fingerprint density at radius 3 is 2.56 bits per heavy atom. The van der Waals surface area contributed by atoms with Crippen LogP contribution in [0.4, 0.5) is 5.69 Å². The van der Waals surface area contributed by atoms with Crippen molar-refractivity contribution in [2.24, 2.45) is 0 Å². The number of rotatable bonds is 5. The number of aryl methyl sites for hydroxylation is 1. The lowest BCUT2D eigenvalue weighted by atomic mass is 10.1. The molecule has 1 atom stereocenters. The quantitative estimate of drug-likeness (QED) is 0.722. The van der Waals surface area contributed by atoms with E-state index in [0.29, 0.717) is 17.7 Å². The SMILES string of the molecule is Cc1ccc(NC(=O)CC2CCCN2)cc1S(=O)(=O)NC(C)(C)C.Cl. The van der Waals surface area contributed by atoms with Gasteiger partial charge in [0.2, 0.25) is 15.9 Å². The zero-order chi connectivity index (χ0) is 18.0. The van der Waals surface area contributed by atoms with E-state index in [1.807, 2.05) is 0 Å². The monoisotopic (exact) mass is 389 g/mol. The first-order valence-corrected chi connectivity index (χ1v) is 9.73. The third-order valence-corrected chi connectivity index (χ3v) is 5.70. The van der Waals surface area contributed by atoms with Gasteiger partial charge in [-0.3, -0.25) is 4.79 Å². The predicted molar refractivity (Wildman–Crippen MR) is 103 cm³/mol. The Morgan fingerprint density at radius 2 is 2.00 bits per heavy atom. The fourth-order valence-electron chi connectivity index (χ4n) is 2.79. The van der Waals surface area contributed by atoms with Crippen molar-refractivity contribution in [2.45, 2.75) is 63.4 Å². The summed E-state index contributed by atoms with van der Waals surface area (Å²) >= 11 is 0. The zero-order valence-corrected chi connectivity index (χ0v) is 16.8. The van der Waals surface area contributed by atoms with Crippen LogP contribution >= 0.6 is 12.4 Å². The lowest BCUT2D eigenvalue weighted by molar-refractivity contribution is -0.116. The van der Waals surface area contributed by atoms with Crippen LogP contribution in [0.15, 0.2) is 23.1 Å². The maximum Gasteiger partial charge on any atom is 0.241 e. The molecule has 0 bridgehead atoms. The highest BCUT2D eigenvalue weighted by molar-refractivity contribution is 7.89.